The second kappa shape index (κ2) is 4.88. The SMILES string of the molecule is CCOC(=O)c1c(O)cc(O)cc1C(C)C. The summed E-state index contributed by atoms with van der Waals surface area (Å²) in [5.74, 6) is -0.863. The minimum absolute atomic E-state index is 0.0115. The number of aromatic hydroxyl groups is 2. The molecule has 4 heteroatoms. The van der Waals surface area contributed by atoms with E-state index in [1.54, 1.807) is 6.92 Å². The van der Waals surface area contributed by atoms with Crippen LogP contribution in [0.15, 0.2) is 12.1 Å². The zero-order valence-electron chi connectivity index (χ0n) is 9.65. The topological polar surface area (TPSA) is 66.8 Å². The molecule has 0 aliphatic heterocycles. The van der Waals surface area contributed by atoms with E-state index in [1.807, 2.05) is 13.8 Å². The van der Waals surface area contributed by atoms with Crippen molar-refractivity contribution in [2.75, 3.05) is 6.61 Å². The summed E-state index contributed by atoms with van der Waals surface area (Å²) in [7, 11) is 0. The van der Waals surface area contributed by atoms with E-state index in [2.05, 4.69) is 0 Å². The molecule has 0 amide bonds. The molecule has 0 bridgehead atoms. The molecule has 0 fully saturated rings. The fraction of sp³-hybridized carbons (Fsp3) is 0.417. The fourth-order valence-corrected chi connectivity index (χ4v) is 1.51. The van der Waals surface area contributed by atoms with Crippen LogP contribution >= 0.6 is 0 Å². The van der Waals surface area contributed by atoms with E-state index in [0.717, 1.165) is 6.07 Å². The third-order valence-electron chi connectivity index (χ3n) is 2.23. The molecule has 0 radical (unpaired) electrons. The van der Waals surface area contributed by atoms with Crippen LogP contribution in [0.1, 0.15) is 42.6 Å². The third kappa shape index (κ3) is 2.45. The van der Waals surface area contributed by atoms with Crippen LogP contribution in [0, 0.1) is 0 Å². The molecule has 2 N–H and O–H groups in total. The Morgan fingerprint density at radius 2 is 2.00 bits per heavy atom. The highest BCUT2D eigenvalue weighted by Gasteiger charge is 2.20. The number of phenolic OH excluding ortho intramolecular Hbond substituents is 2. The Hall–Kier alpha value is -1.71. The summed E-state index contributed by atoms with van der Waals surface area (Å²) in [6.07, 6.45) is 0. The number of hydrogen-bond donors (Lipinski definition) is 2. The first-order valence-electron chi connectivity index (χ1n) is 5.20. The lowest BCUT2D eigenvalue weighted by atomic mass is 9.96. The predicted octanol–water partition coefficient (Wildman–Crippen LogP) is 2.40. The molecule has 16 heavy (non-hydrogen) atoms. The Morgan fingerprint density at radius 3 is 2.50 bits per heavy atom. The van der Waals surface area contributed by atoms with Gasteiger partial charge in [-0.2, -0.15) is 0 Å². The van der Waals surface area contributed by atoms with Crippen LogP contribution < -0.4 is 0 Å². The summed E-state index contributed by atoms with van der Waals surface area (Å²) in [5, 5.41) is 19.0. The maximum absolute atomic E-state index is 11.6. The molecular formula is C12H16O4. The van der Waals surface area contributed by atoms with E-state index in [9.17, 15) is 15.0 Å². The smallest absolute Gasteiger partial charge is 0.342 e. The van der Waals surface area contributed by atoms with Crippen molar-refractivity contribution in [1.82, 2.24) is 0 Å². The van der Waals surface area contributed by atoms with Gasteiger partial charge in [-0.15, -0.1) is 0 Å². The fourth-order valence-electron chi connectivity index (χ4n) is 1.51. The summed E-state index contributed by atoms with van der Waals surface area (Å²) in [6, 6.07) is 2.61. The number of phenols is 2. The second-order valence-corrected chi connectivity index (χ2v) is 3.80. The van der Waals surface area contributed by atoms with Gasteiger partial charge in [0.2, 0.25) is 0 Å². The number of rotatable bonds is 3. The predicted molar refractivity (Wildman–Crippen MR) is 59.8 cm³/mol. The lowest BCUT2D eigenvalue weighted by molar-refractivity contribution is 0.0521. The average Bonchev–Trinajstić information content (AvgIpc) is 2.16. The summed E-state index contributed by atoms with van der Waals surface area (Å²) in [4.78, 5) is 11.6. The van der Waals surface area contributed by atoms with E-state index >= 15 is 0 Å². The monoisotopic (exact) mass is 224 g/mol. The molecule has 4 nitrogen and oxygen atoms in total. The molecule has 0 heterocycles. The first-order chi connectivity index (χ1) is 7.47. The van der Waals surface area contributed by atoms with Crippen molar-refractivity contribution in [3.05, 3.63) is 23.3 Å². The number of esters is 1. The normalized spacial score (nSPS) is 10.5. The first-order valence-corrected chi connectivity index (χ1v) is 5.20. The van der Waals surface area contributed by atoms with Gasteiger partial charge in [-0.25, -0.2) is 4.79 Å². The molecule has 1 aromatic rings. The van der Waals surface area contributed by atoms with Crippen molar-refractivity contribution in [1.29, 1.82) is 0 Å². The average molecular weight is 224 g/mol. The van der Waals surface area contributed by atoms with Crippen LogP contribution in [-0.4, -0.2) is 22.8 Å². The van der Waals surface area contributed by atoms with Gasteiger partial charge in [-0.3, -0.25) is 0 Å². The number of carbonyl (C=O) groups is 1. The van der Waals surface area contributed by atoms with Crippen LogP contribution in [0.3, 0.4) is 0 Å². The van der Waals surface area contributed by atoms with Crippen LogP contribution in [-0.2, 0) is 4.74 Å². The van der Waals surface area contributed by atoms with Gasteiger partial charge in [0.25, 0.3) is 0 Å². The Kier molecular flexibility index (Phi) is 3.77. The molecule has 0 atom stereocenters. The molecule has 0 unspecified atom stereocenters. The Balaban J connectivity index is 3.29. The number of carbonyl (C=O) groups excluding carboxylic acids is 1. The Morgan fingerprint density at radius 1 is 1.38 bits per heavy atom. The summed E-state index contributed by atoms with van der Waals surface area (Å²) < 4.78 is 4.86. The lowest BCUT2D eigenvalue weighted by Crippen LogP contribution is -2.09. The zero-order chi connectivity index (χ0) is 12.3. The van der Waals surface area contributed by atoms with Gasteiger partial charge < -0.3 is 14.9 Å². The number of hydrogen-bond acceptors (Lipinski definition) is 4. The highest BCUT2D eigenvalue weighted by molar-refractivity contribution is 5.94. The van der Waals surface area contributed by atoms with Crippen molar-refractivity contribution in [2.24, 2.45) is 0 Å². The molecule has 88 valence electrons. The minimum atomic E-state index is -0.566. The van der Waals surface area contributed by atoms with Crippen LogP contribution in [0.25, 0.3) is 0 Å². The summed E-state index contributed by atoms with van der Waals surface area (Å²) in [6.45, 7) is 5.69. The largest absolute Gasteiger partial charge is 0.508 e. The Labute approximate surface area is 94.5 Å². The summed E-state index contributed by atoms with van der Waals surface area (Å²) in [5.41, 5.74) is 0.714. The molecular weight excluding hydrogens is 208 g/mol. The van der Waals surface area contributed by atoms with E-state index in [1.165, 1.54) is 6.07 Å². The standard InChI is InChI=1S/C12H16O4/c1-4-16-12(15)11-9(7(2)3)5-8(13)6-10(11)14/h5-7,13-14H,4H2,1-3H3. The van der Waals surface area contributed by atoms with Crippen molar-refractivity contribution < 1.29 is 19.7 Å². The maximum Gasteiger partial charge on any atom is 0.342 e. The van der Waals surface area contributed by atoms with Crippen LogP contribution in [0.4, 0.5) is 0 Å². The van der Waals surface area contributed by atoms with E-state index in [0.29, 0.717) is 5.56 Å². The number of benzene rings is 1. The van der Waals surface area contributed by atoms with Gasteiger partial charge in [-0.05, 0) is 24.5 Å². The molecule has 0 saturated heterocycles. The minimum Gasteiger partial charge on any atom is -0.508 e. The third-order valence-corrected chi connectivity index (χ3v) is 2.23. The van der Waals surface area contributed by atoms with Crippen molar-refractivity contribution >= 4 is 5.97 Å². The van der Waals surface area contributed by atoms with Gasteiger partial charge >= 0.3 is 5.97 Å². The molecule has 0 aromatic heterocycles. The van der Waals surface area contributed by atoms with Gasteiger partial charge in [0.15, 0.2) is 0 Å². The molecule has 0 saturated carbocycles. The van der Waals surface area contributed by atoms with Crippen LogP contribution in [0.5, 0.6) is 11.5 Å². The molecule has 0 aliphatic carbocycles. The van der Waals surface area contributed by atoms with Crippen molar-refractivity contribution in [3.8, 4) is 11.5 Å². The lowest BCUT2D eigenvalue weighted by Gasteiger charge is -2.13. The van der Waals surface area contributed by atoms with Crippen molar-refractivity contribution in [3.63, 3.8) is 0 Å². The van der Waals surface area contributed by atoms with Crippen molar-refractivity contribution in [2.45, 2.75) is 26.7 Å². The molecule has 0 spiro atoms. The molecule has 0 aliphatic rings. The zero-order valence-corrected chi connectivity index (χ0v) is 9.65. The van der Waals surface area contributed by atoms with E-state index < -0.39 is 5.97 Å². The second-order valence-electron chi connectivity index (χ2n) is 3.80. The highest BCUT2D eigenvalue weighted by Crippen LogP contribution is 2.32. The summed E-state index contributed by atoms with van der Waals surface area (Å²) >= 11 is 0. The van der Waals surface area contributed by atoms with Crippen LogP contribution in [0.2, 0.25) is 0 Å². The van der Waals surface area contributed by atoms with Gasteiger partial charge in [0.1, 0.15) is 17.1 Å². The van der Waals surface area contributed by atoms with Gasteiger partial charge in [0.05, 0.1) is 6.61 Å². The van der Waals surface area contributed by atoms with Gasteiger partial charge in [-0.1, -0.05) is 13.8 Å². The van der Waals surface area contributed by atoms with Gasteiger partial charge in [0, 0.05) is 6.07 Å². The van der Waals surface area contributed by atoms with E-state index in [-0.39, 0.29) is 29.6 Å². The number of ether oxygens (including phenoxy) is 1. The Bertz CT molecular complexity index is 396. The quantitative estimate of drug-likeness (QED) is 0.773. The van der Waals surface area contributed by atoms with E-state index in [4.69, 9.17) is 4.74 Å². The first kappa shape index (κ1) is 12.4. The highest BCUT2D eigenvalue weighted by atomic mass is 16.5. The molecule has 1 rings (SSSR count). The molecule has 1 aromatic carbocycles. The maximum atomic E-state index is 11.6.